The van der Waals surface area contributed by atoms with E-state index in [0.717, 1.165) is 31.4 Å². The van der Waals surface area contributed by atoms with Gasteiger partial charge in [-0.1, -0.05) is 87.4 Å². The average Bonchev–Trinajstić information content (AvgIpc) is 2.64. The zero-order chi connectivity index (χ0) is 17.0. The summed E-state index contributed by atoms with van der Waals surface area (Å²) in [6, 6.07) is 20.9. The van der Waals surface area contributed by atoms with Gasteiger partial charge in [0, 0.05) is 5.70 Å². The van der Waals surface area contributed by atoms with Gasteiger partial charge in [0.25, 0.3) is 0 Å². The monoisotopic (exact) mass is 323 g/mol. The number of benzene rings is 2. The smallest absolute Gasteiger partial charge is 0.110 e. The molecule has 0 amide bonds. The Kier molecular flexibility index (Phi) is 8.12. The van der Waals surface area contributed by atoms with Crippen LogP contribution in [0.3, 0.4) is 0 Å². The molecule has 2 aromatic rings. The summed E-state index contributed by atoms with van der Waals surface area (Å²) >= 11 is 0. The molecule has 2 aromatic carbocycles. The Bertz CT molecular complexity index is 592. The van der Waals surface area contributed by atoms with E-state index < -0.39 is 0 Å². The molecule has 0 radical (unpaired) electrons. The van der Waals surface area contributed by atoms with Gasteiger partial charge in [-0.2, -0.15) is 0 Å². The first kappa shape index (κ1) is 18.3. The fourth-order valence-corrected chi connectivity index (χ4v) is 2.64. The van der Waals surface area contributed by atoms with Crippen molar-refractivity contribution in [3.8, 4) is 0 Å². The molecular formula is C22H29NO. The first-order valence-electron chi connectivity index (χ1n) is 9.05. The lowest BCUT2D eigenvalue weighted by Crippen LogP contribution is -2.18. The van der Waals surface area contributed by atoms with Crippen molar-refractivity contribution in [2.45, 2.75) is 52.1 Å². The van der Waals surface area contributed by atoms with Crippen molar-refractivity contribution in [3.63, 3.8) is 0 Å². The lowest BCUT2D eigenvalue weighted by Gasteiger charge is -2.20. The van der Waals surface area contributed by atoms with Gasteiger partial charge in [0.1, 0.15) is 6.10 Å². The molecular weight excluding hydrogens is 294 g/mol. The Morgan fingerprint density at radius 3 is 2.25 bits per heavy atom. The molecule has 24 heavy (non-hydrogen) atoms. The summed E-state index contributed by atoms with van der Waals surface area (Å²) in [5.41, 5.74) is 6.81. The molecule has 128 valence electrons. The van der Waals surface area contributed by atoms with E-state index in [1.54, 1.807) is 0 Å². The summed E-state index contributed by atoms with van der Waals surface area (Å²) in [5, 5.41) is 0. The fourth-order valence-electron chi connectivity index (χ4n) is 2.64. The molecule has 0 aliphatic heterocycles. The Morgan fingerprint density at radius 1 is 0.958 bits per heavy atom. The molecule has 0 aromatic heterocycles. The van der Waals surface area contributed by atoms with E-state index >= 15 is 0 Å². The number of rotatable bonds is 10. The van der Waals surface area contributed by atoms with Gasteiger partial charge in [-0.15, -0.1) is 0 Å². The van der Waals surface area contributed by atoms with Gasteiger partial charge in [0.05, 0.1) is 0 Å². The van der Waals surface area contributed by atoms with Gasteiger partial charge in [0.15, 0.2) is 0 Å². The Labute approximate surface area is 146 Å². The van der Waals surface area contributed by atoms with E-state index in [4.69, 9.17) is 4.84 Å². The summed E-state index contributed by atoms with van der Waals surface area (Å²) in [7, 11) is 0. The second-order valence-corrected chi connectivity index (χ2v) is 6.09. The lowest BCUT2D eigenvalue weighted by atomic mass is 10.1. The van der Waals surface area contributed by atoms with Crippen LogP contribution in [0.1, 0.15) is 63.2 Å². The van der Waals surface area contributed by atoms with Crippen molar-refractivity contribution in [1.29, 1.82) is 0 Å². The number of unbranched alkanes of at least 4 members (excludes halogenated alkanes) is 1. The first-order chi connectivity index (χ1) is 11.8. The highest BCUT2D eigenvalue weighted by Gasteiger charge is 2.12. The third-order valence-corrected chi connectivity index (χ3v) is 3.99. The van der Waals surface area contributed by atoms with Crippen LogP contribution < -0.4 is 5.48 Å². The van der Waals surface area contributed by atoms with Crippen LogP contribution in [-0.4, -0.2) is 0 Å². The van der Waals surface area contributed by atoms with Gasteiger partial charge in [-0.05, 0) is 36.5 Å². The quantitative estimate of drug-likeness (QED) is 0.519. The summed E-state index contributed by atoms with van der Waals surface area (Å²) < 4.78 is 0. The number of nitrogens with one attached hydrogen (secondary N) is 1. The molecule has 2 heteroatoms. The number of hydrogen-bond donors (Lipinski definition) is 1. The third kappa shape index (κ3) is 6.21. The molecule has 1 N–H and O–H groups in total. The van der Waals surface area contributed by atoms with E-state index in [9.17, 15) is 0 Å². The van der Waals surface area contributed by atoms with E-state index in [2.05, 4.69) is 73.9 Å². The van der Waals surface area contributed by atoms with Crippen molar-refractivity contribution in [2.24, 2.45) is 0 Å². The van der Waals surface area contributed by atoms with Crippen molar-refractivity contribution < 1.29 is 4.84 Å². The van der Waals surface area contributed by atoms with Crippen LogP contribution in [0.2, 0.25) is 0 Å². The minimum atomic E-state index is 0.0806. The first-order valence-corrected chi connectivity index (χ1v) is 9.05. The van der Waals surface area contributed by atoms with Gasteiger partial charge in [-0.3, -0.25) is 10.3 Å². The SMILES string of the molecule is CCCC/C(=C/c1ccccc1)NOC(CCC)c1ccccc1. The molecule has 1 unspecified atom stereocenters. The largest absolute Gasteiger partial charge is 0.271 e. The van der Waals surface area contributed by atoms with Gasteiger partial charge < -0.3 is 0 Å². The van der Waals surface area contributed by atoms with Crippen molar-refractivity contribution in [1.82, 2.24) is 5.48 Å². The average molecular weight is 323 g/mol. The van der Waals surface area contributed by atoms with Crippen LogP contribution in [0.4, 0.5) is 0 Å². The maximum atomic E-state index is 6.08. The number of hydrogen-bond acceptors (Lipinski definition) is 2. The molecule has 1 atom stereocenters. The minimum Gasteiger partial charge on any atom is -0.271 e. The summed E-state index contributed by atoms with van der Waals surface area (Å²) in [6.45, 7) is 4.40. The predicted octanol–water partition coefficient (Wildman–Crippen LogP) is 6.28. The predicted molar refractivity (Wildman–Crippen MR) is 102 cm³/mol. The molecule has 0 bridgehead atoms. The highest BCUT2D eigenvalue weighted by atomic mass is 16.7. The molecule has 0 saturated heterocycles. The minimum absolute atomic E-state index is 0.0806. The van der Waals surface area contributed by atoms with Gasteiger partial charge in [0.2, 0.25) is 0 Å². The molecule has 0 saturated carbocycles. The Morgan fingerprint density at radius 2 is 1.62 bits per heavy atom. The molecule has 0 spiro atoms. The van der Waals surface area contributed by atoms with Gasteiger partial charge >= 0.3 is 0 Å². The van der Waals surface area contributed by atoms with Crippen molar-refractivity contribution in [3.05, 3.63) is 77.5 Å². The molecule has 0 aliphatic rings. The molecule has 2 rings (SSSR count). The zero-order valence-electron chi connectivity index (χ0n) is 14.9. The molecule has 0 fully saturated rings. The summed E-state index contributed by atoms with van der Waals surface area (Å²) in [4.78, 5) is 6.08. The third-order valence-electron chi connectivity index (χ3n) is 3.99. The van der Waals surface area contributed by atoms with Gasteiger partial charge in [-0.25, -0.2) is 0 Å². The van der Waals surface area contributed by atoms with Crippen LogP contribution in [-0.2, 0) is 4.84 Å². The fraction of sp³-hybridized carbons (Fsp3) is 0.364. The topological polar surface area (TPSA) is 21.3 Å². The summed E-state index contributed by atoms with van der Waals surface area (Å²) in [6.07, 6.45) is 7.68. The van der Waals surface area contributed by atoms with E-state index in [0.29, 0.717) is 0 Å². The van der Waals surface area contributed by atoms with Crippen LogP contribution in [0.25, 0.3) is 6.08 Å². The normalized spacial score (nSPS) is 12.8. The number of hydroxylamine groups is 1. The second-order valence-electron chi connectivity index (χ2n) is 6.09. The second kappa shape index (κ2) is 10.7. The molecule has 0 heterocycles. The Balaban J connectivity index is 2.06. The highest BCUT2D eigenvalue weighted by Crippen LogP contribution is 2.22. The maximum absolute atomic E-state index is 6.08. The zero-order valence-corrected chi connectivity index (χ0v) is 14.9. The Hall–Kier alpha value is -2.06. The van der Waals surface area contributed by atoms with Crippen molar-refractivity contribution in [2.75, 3.05) is 0 Å². The van der Waals surface area contributed by atoms with E-state index in [1.807, 2.05) is 12.1 Å². The van der Waals surface area contributed by atoms with Crippen LogP contribution in [0, 0.1) is 0 Å². The van der Waals surface area contributed by atoms with Crippen molar-refractivity contribution >= 4 is 6.08 Å². The van der Waals surface area contributed by atoms with Crippen LogP contribution >= 0.6 is 0 Å². The van der Waals surface area contributed by atoms with E-state index in [-0.39, 0.29) is 6.10 Å². The highest BCUT2D eigenvalue weighted by molar-refractivity contribution is 5.51. The standard InChI is InChI=1S/C22H29NO/c1-3-5-17-21(18-19-13-8-6-9-14-19)23-24-22(12-4-2)20-15-10-7-11-16-20/h6-11,13-16,18,22-23H,3-5,12,17H2,1-2H3/b21-18-. The molecule has 2 nitrogen and oxygen atoms in total. The van der Waals surface area contributed by atoms with Crippen LogP contribution in [0.15, 0.2) is 66.4 Å². The number of allylic oxidation sites excluding steroid dienone is 1. The van der Waals surface area contributed by atoms with Crippen LogP contribution in [0.5, 0.6) is 0 Å². The maximum Gasteiger partial charge on any atom is 0.110 e. The lowest BCUT2D eigenvalue weighted by molar-refractivity contribution is -0.0154. The molecule has 0 aliphatic carbocycles. The van der Waals surface area contributed by atoms with E-state index in [1.165, 1.54) is 17.5 Å². The summed E-state index contributed by atoms with van der Waals surface area (Å²) in [5.74, 6) is 0.